The summed E-state index contributed by atoms with van der Waals surface area (Å²) in [5.41, 5.74) is 1.97. The van der Waals surface area contributed by atoms with Crippen LogP contribution < -0.4 is 9.62 Å². The van der Waals surface area contributed by atoms with Crippen LogP contribution in [-0.2, 0) is 26.3 Å². The molecule has 0 spiro atoms. The van der Waals surface area contributed by atoms with E-state index in [1.165, 1.54) is 31.1 Å². The number of hydrogen-bond donors (Lipinski definition) is 1. The number of benzene rings is 2. The zero-order valence-electron chi connectivity index (χ0n) is 21.9. The topological polar surface area (TPSA) is 90.0 Å². The molecule has 10 heteroatoms. The van der Waals surface area contributed by atoms with Crippen molar-refractivity contribution in [2.75, 3.05) is 24.9 Å². The molecule has 0 aromatic heterocycles. The Balaban J connectivity index is 2.50. The molecular formula is C26H37FN4O4S. The Kier molecular flexibility index (Phi) is 10.4. The van der Waals surface area contributed by atoms with Crippen LogP contribution in [0.4, 0.5) is 10.1 Å². The number of hydrogen-bond acceptors (Lipinski definition) is 4. The molecule has 0 radical (unpaired) electrons. The summed E-state index contributed by atoms with van der Waals surface area (Å²) in [6.45, 7) is 7.16. The Labute approximate surface area is 214 Å². The second-order valence-corrected chi connectivity index (χ2v) is 11.1. The smallest absolute Gasteiger partial charge is 0.304 e. The average Bonchev–Trinajstić information content (AvgIpc) is 2.82. The number of carbonyl (C=O) groups is 2. The highest BCUT2D eigenvalue weighted by Crippen LogP contribution is 2.22. The van der Waals surface area contributed by atoms with Crippen LogP contribution in [0.1, 0.15) is 44.7 Å². The highest BCUT2D eigenvalue weighted by atomic mass is 32.2. The molecule has 2 unspecified atom stereocenters. The van der Waals surface area contributed by atoms with Crippen LogP contribution in [0.15, 0.2) is 48.5 Å². The molecule has 2 aromatic rings. The fourth-order valence-electron chi connectivity index (χ4n) is 3.69. The van der Waals surface area contributed by atoms with Gasteiger partial charge in [0.1, 0.15) is 18.4 Å². The van der Waals surface area contributed by atoms with E-state index in [4.69, 9.17) is 0 Å². The van der Waals surface area contributed by atoms with Gasteiger partial charge < -0.3 is 10.2 Å². The van der Waals surface area contributed by atoms with Crippen molar-refractivity contribution in [3.05, 3.63) is 65.5 Å². The lowest BCUT2D eigenvalue weighted by molar-refractivity contribution is -0.140. The Hall–Kier alpha value is -2.98. The van der Waals surface area contributed by atoms with E-state index in [1.807, 2.05) is 52.0 Å². The predicted octanol–water partition coefficient (Wildman–Crippen LogP) is 3.47. The van der Waals surface area contributed by atoms with E-state index in [2.05, 4.69) is 5.32 Å². The first kappa shape index (κ1) is 29.3. The Morgan fingerprint density at radius 2 is 1.67 bits per heavy atom. The van der Waals surface area contributed by atoms with Gasteiger partial charge in [0.2, 0.25) is 11.8 Å². The Morgan fingerprint density at radius 1 is 1.03 bits per heavy atom. The van der Waals surface area contributed by atoms with Crippen LogP contribution in [0.2, 0.25) is 0 Å². The van der Waals surface area contributed by atoms with Crippen molar-refractivity contribution in [1.29, 1.82) is 0 Å². The van der Waals surface area contributed by atoms with Crippen LogP contribution in [0, 0.1) is 12.7 Å². The molecule has 1 N–H and O–H groups in total. The fraction of sp³-hybridized carbons (Fsp3) is 0.462. The van der Waals surface area contributed by atoms with Crippen molar-refractivity contribution in [2.45, 2.75) is 59.2 Å². The molecule has 2 rings (SSSR count). The number of rotatable bonds is 12. The molecule has 0 aliphatic heterocycles. The van der Waals surface area contributed by atoms with Crippen LogP contribution in [0.3, 0.4) is 0 Å². The molecule has 0 saturated carbocycles. The van der Waals surface area contributed by atoms with E-state index in [-0.39, 0.29) is 24.2 Å². The van der Waals surface area contributed by atoms with Crippen molar-refractivity contribution in [2.24, 2.45) is 0 Å². The molecular weight excluding hydrogens is 483 g/mol. The molecule has 0 aliphatic rings. The lowest BCUT2D eigenvalue weighted by Gasteiger charge is -2.34. The first-order chi connectivity index (χ1) is 16.9. The third kappa shape index (κ3) is 7.51. The van der Waals surface area contributed by atoms with Crippen LogP contribution >= 0.6 is 0 Å². The summed E-state index contributed by atoms with van der Waals surface area (Å²) in [5, 5.41) is 2.94. The summed E-state index contributed by atoms with van der Waals surface area (Å²) < 4.78 is 41.7. The normalized spacial score (nSPS) is 13.2. The van der Waals surface area contributed by atoms with Crippen LogP contribution in [0.25, 0.3) is 0 Å². The van der Waals surface area contributed by atoms with Gasteiger partial charge in [-0.3, -0.25) is 9.59 Å². The van der Waals surface area contributed by atoms with E-state index >= 15 is 0 Å². The standard InChI is InChI=1S/C26H37FN4O4S/c1-7-20(4)28-26(33)24(8-2)30(17-21-11-9-10-19(3)16-21)25(32)18-31(36(34,35)29(5)6)23-14-12-22(27)13-15-23/h9-16,20,24H,7-8,17-18H2,1-6H3,(H,28,33). The van der Waals surface area contributed by atoms with E-state index < -0.39 is 34.5 Å². The van der Waals surface area contributed by atoms with Gasteiger partial charge in [-0.15, -0.1) is 0 Å². The van der Waals surface area contributed by atoms with E-state index in [0.29, 0.717) is 6.42 Å². The highest BCUT2D eigenvalue weighted by Gasteiger charge is 2.34. The predicted molar refractivity (Wildman–Crippen MR) is 140 cm³/mol. The minimum atomic E-state index is -4.09. The zero-order valence-corrected chi connectivity index (χ0v) is 22.7. The maximum Gasteiger partial charge on any atom is 0.304 e. The number of anilines is 1. The number of nitrogens with one attached hydrogen (secondary N) is 1. The summed E-state index contributed by atoms with van der Waals surface area (Å²) >= 11 is 0. The maximum absolute atomic E-state index is 13.8. The lowest BCUT2D eigenvalue weighted by atomic mass is 10.1. The molecule has 36 heavy (non-hydrogen) atoms. The molecule has 0 fully saturated rings. The Bertz CT molecular complexity index is 1140. The number of nitrogens with zero attached hydrogens (tertiary/aromatic N) is 3. The van der Waals surface area contributed by atoms with Gasteiger partial charge in [0.15, 0.2) is 0 Å². The lowest BCUT2D eigenvalue weighted by Crippen LogP contribution is -2.54. The van der Waals surface area contributed by atoms with E-state index in [1.54, 1.807) is 0 Å². The molecule has 0 heterocycles. The van der Waals surface area contributed by atoms with Gasteiger partial charge >= 0.3 is 10.2 Å². The molecule has 2 amide bonds. The third-order valence-corrected chi connectivity index (χ3v) is 7.78. The summed E-state index contributed by atoms with van der Waals surface area (Å²) in [6, 6.07) is 11.6. The van der Waals surface area contributed by atoms with Gasteiger partial charge in [0, 0.05) is 26.7 Å². The fourth-order valence-corrected chi connectivity index (χ4v) is 4.75. The summed E-state index contributed by atoms with van der Waals surface area (Å²) in [7, 11) is -1.38. The highest BCUT2D eigenvalue weighted by molar-refractivity contribution is 7.90. The first-order valence-corrected chi connectivity index (χ1v) is 13.4. The molecule has 2 aromatic carbocycles. The van der Waals surface area contributed by atoms with Gasteiger partial charge in [-0.25, -0.2) is 8.70 Å². The average molecular weight is 521 g/mol. The van der Waals surface area contributed by atoms with Crippen LogP contribution in [-0.4, -0.2) is 62.2 Å². The molecule has 0 bridgehead atoms. The zero-order chi connectivity index (χ0) is 27.0. The third-order valence-electron chi connectivity index (χ3n) is 5.96. The largest absolute Gasteiger partial charge is 0.352 e. The maximum atomic E-state index is 13.8. The second-order valence-electron chi connectivity index (χ2n) is 9.03. The minimum Gasteiger partial charge on any atom is -0.352 e. The minimum absolute atomic E-state index is 0.0766. The Morgan fingerprint density at radius 3 is 2.19 bits per heavy atom. The monoisotopic (exact) mass is 520 g/mol. The van der Waals surface area contributed by atoms with E-state index in [9.17, 15) is 22.4 Å². The van der Waals surface area contributed by atoms with Crippen molar-refractivity contribution >= 4 is 27.7 Å². The second kappa shape index (κ2) is 12.8. The number of halogens is 1. The van der Waals surface area contributed by atoms with Crippen molar-refractivity contribution in [1.82, 2.24) is 14.5 Å². The van der Waals surface area contributed by atoms with Gasteiger partial charge in [-0.1, -0.05) is 43.7 Å². The van der Waals surface area contributed by atoms with Gasteiger partial charge in [0.05, 0.1) is 5.69 Å². The van der Waals surface area contributed by atoms with Crippen LogP contribution in [0.5, 0.6) is 0 Å². The summed E-state index contributed by atoms with van der Waals surface area (Å²) in [5.74, 6) is -1.37. The number of aryl methyl sites for hydroxylation is 1. The van der Waals surface area contributed by atoms with Crippen molar-refractivity contribution in [3.63, 3.8) is 0 Å². The molecule has 8 nitrogen and oxygen atoms in total. The summed E-state index contributed by atoms with van der Waals surface area (Å²) in [4.78, 5) is 28.3. The van der Waals surface area contributed by atoms with Gasteiger partial charge in [-0.05, 0) is 56.5 Å². The van der Waals surface area contributed by atoms with Crippen molar-refractivity contribution < 1.29 is 22.4 Å². The van der Waals surface area contributed by atoms with Crippen molar-refractivity contribution in [3.8, 4) is 0 Å². The quantitative estimate of drug-likeness (QED) is 0.464. The number of carbonyl (C=O) groups excluding carboxylic acids is 2. The summed E-state index contributed by atoms with van der Waals surface area (Å²) in [6.07, 6.45) is 1.07. The molecule has 2 atom stereocenters. The van der Waals surface area contributed by atoms with Gasteiger partial charge in [-0.2, -0.15) is 12.7 Å². The molecule has 0 saturated heterocycles. The molecule has 198 valence electrons. The number of amides is 2. The van der Waals surface area contributed by atoms with Gasteiger partial charge in [0.25, 0.3) is 0 Å². The first-order valence-electron chi connectivity index (χ1n) is 12.0. The van der Waals surface area contributed by atoms with E-state index in [0.717, 1.165) is 38.3 Å². The molecule has 0 aliphatic carbocycles. The SMILES string of the molecule is CCC(C)NC(=O)C(CC)N(Cc1cccc(C)c1)C(=O)CN(c1ccc(F)cc1)S(=O)(=O)N(C)C.